The summed E-state index contributed by atoms with van der Waals surface area (Å²) in [7, 11) is 0. The van der Waals surface area contributed by atoms with E-state index >= 15 is 0 Å². The average Bonchev–Trinajstić information content (AvgIpc) is 3.24. The van der Waals surface area contributed by atoms with Crippen molar-refractivity contribution in [3.05, 3.63) is 42.2 Å². The highest BCUT2D eigenvalue weighted by Crippen LogP contribution is 2.35. The summed E-state index contributed by atoms with van der Waals surface area (Å²) >= 11 is 0. The van der Waals surface area contributed by atoms with Crippen LogP contribution >= 0.6 is 0 Å². The largest absolute Gasteiger partial charge is 0.444 e. The molecule has 31 heavy (non-hydrogen) atoms. The second-order valence-electron chi connectivity index (χ2n) is 9.98. The van der Waals surface area contributed by atoms with Gasteiger partial charge in [0, 0.05) is 24.9 Å². The maximum absolute atomic E-state index is 12.9. The summed E-state index contributed by atoms with van der Waals surface area (Å²) < 4.78 is 13.5. The fourth-order valence-electron chi connectivity index (χ4n) is 4.50. The number of hydrogen-bond donors (Lipinski definition) is 0. The summed E-state index contributed by atoms with van der Waals surface area (Å²) in [5, 5.41) is 4.53. The van der Waals surface area contributed by atoms with E-state index in [-0.39, 0.29) is 18.4 Å². The Balaban J connectivity index is 1.49. The molecule has 0 spiro atoms. The number of carbonyl (C=O) groups excluding carboxylic acids is 1. The van der Waals surface area contributed by atoms with Crippen molar-refractivity contribution in [3.8, 4) is 11.1 Å². The zero-order chi connectivity index (χ0) is 22.0. The Morgan fingerprint density at radius 2 is 1.87 bits per heavy atom. The van der Waals surface area contributed by atoms with Gasteiger partial charge in [-0.1, -0.05) is 31.2 Å². The van der Waals surface area contributed by atoms with E-state index in [4.69, 9.17) is 9.47 Å². The van der Waals surface area contributed by atoms with Crippen LogP contribution in [0.2, 0.25) is 0 Å². The Morgan fingerprint density at radius 1 is 1.10 bits per heavy atom. The highest BCUT2D eigenvalue weighted by Gasteiger charge is 2.33. The molecule has 1 aromatic carbocycles. The van der Waals surface area contributed by atoms with Crippen LogP contribution in [0.4, 0.5) is 4.79 Å². The minimum absolute atomic E-state index is 0.0494. The third-order valence-electron chi connectivity index (χ3n) is 6.13. The van der Waals surface area contributed by atoms with Gasteiger partial charge >= 0.3 is 6.09 Å². The smallest absolute Gasteiger partial charge is 0.410 e. The van der Waals surface area contributed by atoms with Gasteiger partial charge in [0.2, 0.25) is 0 Å². The van der Waals surface area contributed by atoms with Crippen LogP contribution in [-0.4, -0.2) is 39.5 Å². The molecule has 6 heteroatoms. The van der Waals surface area contributed by atoms with Crippen molar-refractivity contribution < 1.29 is 14.3 Å². The molecule has 4 rings (SSSR count). The molecule has 0 radical (unpaired) electrons. The number of carbonyl (C=O) groups is 1. The van der Waals surface area contributed by atoms with Crippen LogP contribution in [0.5, 0.6) is 0 Å². The van der Waals surface area contributed by atoms with Crippen LogP contribution in [0, 0.1) is 5.92 Å². The highest BCUT2D eigenvalue weighted by atomic mass is 16.6. The third-order valence-corrected chi connectivity index (χ3v) is 6.13. The van der Waals surface area contributed by atoms with E-state index in [0.717, 1.165) is 55.5 Å². The fraction of sp³-hybridized carbons (Fsp3) is 0.600. The number of likely N-dealkylation sites (tertiary alicyclic amines) is 1. The summed E-state index contributed by atoms with van der Waals surface area (Å²) in [6.45, 7) is 9.49. The van der Waals surface area contributed by atoms with Gasteiger partial charge in [0.25, 0.3) is 0 Å². The lowest BCUT2D eigenvalue weighted by atomic mass is 9.89. The number of rotatable bonds is 3. The predicted octanol–water partition coefficient (Wildman–Crippen LogP) is 5.96. The number of nitrogens with zero attached hydrogens (tertiary/aromatic N) is 3. The zero-order valence-corrected chi connectivity index (χ0v) is 19.2. The van der Waals surface area contributed by atoms with E-state index in [1.54, 1.807) is 0 Å². The molecule has 1 amide bonds. The van der Waals surface area contributed by atoms with Crippen molar-refractivity contribution in [2.45, 2.75) is 77.7 Å². The van der Waals surface area contributed by atoms with E-state index in [9.17, 15) is 4.79 Å². The molecule has 3 atom stereocenters. The Morgan fingerprint density at radius 3 is 2.55 bits per heavy atom. The van der Waals surface area contributed by atoms with E-state index in [2.05, 4.69) is 42.5 Å². The number of ether oxygens (including phenoxy) is 2. The Kier molecular flexibility index (Phi) is 6.37. The maximum atomic E-state index is 12.9. The monoisotopic (exact) mass is 425 g/mol. The van der Waals surface area contributed by atoms with Gasteiger partial charge in [-0.3, -0.25) is 0 Å². The highest BCUT2D eigenvalue weighted by molar-refractivity contribution is 5.69. The molecule has 0 N–H and O–H groups in total. The number of amides is 1. The predicted molar refractivity (Wildman–Crippen MR) is 121 cm³/mol. The van der Waals surface area contributed by atoms with E-state index in [1.807, 2.05) is 36.5 Å². The first kappa shape index (κ1) is 21.9. The molecule has 0 aliphatic carbocycles. The molecule has 2 aromatic rings. The van der Waals surface area contributed by atoms with Crippen LogP contribution in [-0.2, 0) is 9.47 Å². The Bertz CT molecular complexity index is 878. The summed E-state index contributed by atoms with van der Waals surface area (Å²) in [6, 6.07) is 8.59. The van der Waals surface area contributed by atoms with Gasteiger partial charge in [0.1, 0.15) is 11.8 Å². The molecule has 0 saturated carbocycles. The van der Waals surface area contributed by atoms with Crippen molar-refractivity contribution in [2.75, 3.05) is 13.2 Å². The van der Waals surface area contributed by atoms with E-state index in [1.165, 1.54) is 6.42 Å². The van der Waals surface area contributed by atoms with Gasteiger partial charge < -0.3 is 14.4 Å². The van der Waals surface area contributed by atoms with E-state index in [0.29, 0.717) is 5.92 Å². The Labute approximate surface area is 185 Å². The minimum Gasteiger partial charge on any atom is -0.444 e. The quantitative estimate of drug-likeness (QED) is 0.609. The molecule has 2 aliphatic rings. The van der Waals surface area contributed by atoms with Gasteiger partial charge in [-0.2, -0.15) is 5.10 Å². The molecule has 3 heterocycles. The molecule has 2 saturated heterocycles. The van der Waals surface area contributed by atoms with Crippen LogP contribution in [0.15, 0.2) is 36.7 Å². The molecule has 1 aromatic heterocycles. The molecule has 1 unspecified atom stereocenters. The van der Waals surface area contributed by atoms with Crippen molar-refractivity contribution >= 4 is 6.09 Å². The number of aromatic nitrogens is 2. The van der Waals surface area contributed by atoms with Gasteiger partial charge in [-0.15, -0.1) is 0 Å². The summed E-state index contributed by atoms with van der Waals surface area (Å²) in [6.07, 6.45) is 9.20. The standard InChI is InChI=1S/C25H35N3O3/c1-18-8-13-22(27(16-18)24(29)31-25(2,3)4)20-11-9-19(10-12-20)21-15-26-28(17-21)23-7-5-6-14-30-23/h9-12,15,17-18,22-23H,5-8,13-14,16H2,1-4H3/t18-,22+,23?/m1/s1. The molecule has 2 aliphatic heterocycles. The summed E-state index contributed by atoms with van der Waals surface area (Å²) in [5.41, 5.74) is 2.87. The molecule has 2 fully saturated rings. The lowest BCUT2D eigenvalue weighted by Gasteiger charge is -2.39. The topological polar surface area (TPSA) is 56.6 Å². The molecular formula is C25H35N3O3. The minimum atomic E-state index is -0.492. The van der Waals surface area contributed by atoms with Crippen LogP contribution in [0.1, 0.15) is 77.6 Å². The molecule has 0 bridgehead atoms. The number of hydrogen-bond acceptors (Lipinski definition) is 4. The number of piperidine rings is 1. The van der Waals surface area contributed by atoms with Gasteiger partial charge in [-0.25, -0.2) is 9.48 Å². The van der Waals surface area contributed by atoms with Crippen molar-refractivity contribution in [1.82, 2.24) is 14.7 Å². The first-order valence-electron chi connectivity index (χ1n) is 11.6. The first-order chi connectivity index (χ1) is 14.8. The number of benzene rings is 1. The van der Waals surface area contributed by atoms with Gasteiger partial charge in [0.05, 0.1) is 12.2 Å². The summed E-state index contributed by atoms with van der Waals surface area (Å²) in [5.74, 6) is 0.482. The fourth-order valence-corrected chi connectivity index (χ4v) is 4.50. The van der Waals surface area contributed by atoms with Crippen LogP contribution in [0.25, 0.3) is 11.1 Å². The molecule has 168 valence electrons. The molecule has 6 nitrogen and oxygen atoms in total. The first-order valence-corrected chi connectivity index (χ1v) is 11.6. The third kappa shape index (κ3) is 5.29. The van der Waals surface area contributed by atoms with Crippen molar-refractivity contribution in [2.24, 2.45) is 5.92 Å². The lowest BCUT2D eigenvalue weighted by Crippen LogP contribution is -2.44. The van der Waals surface area contributed by atoms with Crippen LogP contribution < -0.4 is 0 Å². The average molecular weight is 426 g/mol. The Hall–Kier alpha value is -2.34. The van der Waals surface area contributed by atoms with Gasteiger partial charge in [-0.05, 0) is 69.9 Å². The molecular weight excluding hydrogens is 390 g/mol. The maximum Gasteiger partial charge on any atom is 0.410 e. The van der Waals surface area contributed by atoms with Gasteiger partial charge in [0.15, 0.2) is 0 Å². The van der Waals surface area contributed by atoms with E-state index < -0.39 is 5.60 Å². The summed E-state index contributed by atoms with van der Waals surface area (Å²) in [4.78, 5) is 14.8. The van der Waals surface area contributed by atoms with Crippen molar-refractivity contribution in [1.29, 1.82) is 0 Å². The van der Waals surface area contributed by atoms with Crippen molar-refractivity contribution in [3.63, 3.8) is 0 Å². The zero-order valence-electron chi connectivity index (χ0n) is 19.2. The lowest BCUT2D eigenvalue weighted by molar-refractivity contribution is -0.0394. The normalized spacial score (nSPS) is 24.8. The second kappa shape index (κ2) is 9.03. The van der Waals surface area contributed by atoms with Crippen LogP contribution in [0.3, 0.4) is 0 Å². The second-order valence-corrected chi connectivity index (χ2v) is 9.98. The SMILES string of the molecule is C[C@@H]1CC[C@@H](c2ccc(-c3cnn(C4CCCCO4)c3)cc2)N(C(=O)OC(C)(C)C)C1.